The summed E-state index contributed by atoms with van der Waals surface area (Å²) in [5.41, 5.74) is 5.17. The van der Waals surface area contributed by atoms with Gasteiger partial charge in [-0.1, -0.05) is 13.8 Å². The molecule has 1 fully saturated rings. The van der Waals surface area contributed by atoms with Crippen LogP contribution in [0.1, 0.15) is 33.6 Å². The molecule has 104 valence electrons. The first-order valence-electron chi connectivity index (χ1n) is 7.08. The summed E-state index contributed by atoms with van der Waals surface area (Å²) in [7, 11) is 0. The van der Waals surface area contributed by atoms with E-state index in [1.54, 1.807) is 0 Å². The van der Waals surface area contributed by atoms with E-state index >= 15 is 0 Å². The highest BCUT2D eigenvalue weighted by atomic mass is 15.3. The number of piperazine rings is 1. The van der Waals surface area contributed by atoms with Gasteiger partial charge in [0.1, 0.15) is 5.54 Å². The molecular formula is C14H28N4. The molecule has 2 N–H and O–H groups in total. The highest BCUT2D eigenvalue weighted by Gasteiger charge is 2.20. The maximum Gasteiger partial charge on any atom is 0.101 e. The third-order valence-corrected chi connectivity index (χ3v) is 3.51. The predicted octanol–water partition coefficient (Wildman–Crippen LogP) is 1.28. The largest absolute Gasteiger partial charge is 0.314 e. The first-order chi connectivity index (χ1) is 8.43. The topological polar surface area (TPSA) is 56.3 Å². The molecule has 1 aliphatic rings. The van der Waals surface area contributed by atoms with Crippen molar-refractivity contribution in [1.82, 2.24) is 9.80 Å². The van der Waals surface area contributed by atoms with Crippen LogP contribution in [0.4, 0.5) is 0 Å². The van der Waals surface area contributed by atoms with Gasteiger partial charge in [-0.15, -0.1) is 0 Å². The predicted molar refractivity (Wildman–Crippen MR) is 75.2 cm³/mol. The summed E-state index contributed by atoms with van der Waals surface area (Å²) in [6, 6.07) is 2.16. The molecule has 1 aliphatic heterocycles. The fourth-order valence-corrected chi connectivity index (χ4v) is 2.44. The van der Waals surface area contributed by atoms with Crippen LogP contribution in [0.3, 0.4) is 0 Å². The fourth-order valence-electron chi connectivity index (χ4n) is 2.44. The van der Waals surface area contributed by atoms with E-state index in [0.717, 1.165) is 38.4 Å². The molecular weight excluding hydrogens is 224 g/mol. The van der Waals surface area contributed by atoms with Crippen molar-refractivity contribution in [2.45, 2.75) is 39.2 Å². The second kappa shape index (κ2) is 7.08. The number of rotatable bonds is 6. The van der Waals surface area contributed by atoms with Crippen molar-refractivity contribution >= 4 is 0 Å². The Kier molecular flexibility index (Phi) is 6.07. The minimum atomic E-state index is -0.653. The van der Waals surface area contributed by atoms with Gasteiger partial charge in [0.05, 0.1) is 6.07 Å². The Hall–Kier alpha value is -0.630. The molecule has 0 aliphatic carbocycles. The summed E-state index contributed by atoms with van der Waals surface area (Å²) >= 11 is 0. The number of hydrogen-bond donors (Lipinski definition) is 1. The van der Waals surface area contributed by atoms with Crippen LogP contribution in [0, 0.1) is 17.2 Å². The molecule has 0 aromatic rings. The van der Waals surface area contributed by atoms with Gasteiger partial charge in [-0.25, -0.2) is 0 Å². The van der Waals surface area contributed by atoms with Gasteiger partial charge >= 0.3 is 0 Å². The van der Waals surface area contributed by atoms with Crippen LogP contribution >= 0.6 is 0 Å². The zero-order valence-corrected chi connectivity index (χ0v) is 12.2. The van der Waals surface area contributed by atoms with Crippen molar-refractivity contribution in [3.05, 3.63) is 0 Å². The molecule has 4 nitrogen and oxygen atoms in total. The van der Waals surface area contributed by atoms with E-state index in [2.05, 4.69) is 29.7 Å². The van der Waals surface area contributed by atoms with E-state index in [9.17, 15) is 0 Å². The normalized spacial score (nSPS) is 21.8. The van der Waals surface area contributed by atoms with Gasteiger partial charge in [-0.2, -0.15) is 5.26 Å². The molecule has 0 radical (unpaired) electrons. The average Bonchev–Trinajstić information content (AvgIpc) is 2.30. The number of nitrogens with two attached hydrogens (primary N) is 1. The van der Waals surface area contributed by atoms with Gasteiger partial charge in [0.15, 0.2) is 0 Å². The highest BCUT2D eigenvalue weighted by Crippen LogP contribution is 2.10. The molecule has 4 heteroatoms. The molecule has 0 spiro atoms. The highest BCUT2D eigenvalue weighted by molar-refractivity contribution is 5.00. The third kappa shape index (κ3) is 5.81. The molecule has 18 heavy (non-hydrogen) atoms. The lowest BCUT2D eigenvalue weighted by atomic mass is 9.99. The standard InChI is InChI=1S/C14H28N4/c1-13(2)11-18-9-7-17(8-10-18)6-4-5-14(3,16)12-15/h13H,4-11,16H2,1-3H3. The van der Waals surface area contributed by atoms with Crippen LogP contribution in [0.25, 0.3) is 0 Å². The number of nitrogens with zero attached hydrogens (tertiary/aromatic N) is 3. The van der Waals surface area contributed by atoms with Gasteiger partial charge in [-0.05, 0) is 32.2 Å². The molecule has 1 heterocycles. The van der Waals surface area contributed by atoms with Gasteiger partial charge in [-0.3, -0.25) is 0 Å². The smallest absolute Gasteiger partial charge is 0.101 e. The summed E-state index contributed by atoms with van der Waals surface area (Å²) < 4.78 is 0. The van der Waals surface area contributed by atoms with Crippen molar-refractivity contribution in [3.8, 4) is 6.07 Å². The van der Waals surface area contributed by atoms with E-state index in [-0.39, 0.29) is 0 Å². The fraction of sp³-hybridized carbons (Fsp3) is 0.929. The molecule has 0 amide bonds. The summed E-state index contributed by atoms with van der Waals surface area (Å²) in [5, 5.41) is 8.85. The molecule has 0 saturated carbocycles. The van der Waals surface area contributed by atoms with Gasteiger partial charge < -0.3 is 15.5 Å². The van der Waals surface area contributed by atoms with Crippen molar-refractivity contribution in [2.24, 2.45) is 11.7 Å². The van der Waals surface area contributed by atoms with Gasteiger partial charge in [0.2, 0.25) is 0 Å². The molecule has 1 saturated heterocycles. The minimum absolute atomic E-state index is 0.653. The van der Waals surface area contributed by atoms with E-state index in [4.69, 9.17) is 11.0 Å². The van der Waals surface area contributed by atoms with E-state index in [0.29, 0.717) is 0 Å². The summed E-state index contributed by atoms with van der Waals surface area (Å²) in [6.45, 7) is 13.3. The molecule has 0 bridgehead atoms. The Morgan fingerprint density at radius 3 is 2.28 bits per heavy atom. The quantitative estimate of drug-likeness (QED) is 0.774. The Bertz CT molecular complexity index is 272. The van der Waals surface area contributed by atoms with E-state index in [1.165, 1.54) is 19.6 Å². The summed E-state index contributed by atoms with van der Waals surface area (Å²) in [4.78, 5) is 5.04. The second-order valence-electron chi connectivity index (χ2n) is 6.17. The van der Waals surface area contributed by atoms with Gasteiger partial charge in [0, 0.05) is 32.7 Å². The van der Waals surface area contributed by atoms with Crippen molar-refractivity contribution in [2.75, 3.05) is 39.3 Å². The maximum absolute atomic E-state index is 8.85. The first-order valence-corrected chi connectivity index (χ1v) is 7.08. The third-order valence-electron chi connectivity index (χ3n) is 3.51. The van der Waals surface area contributed by atoms with Crippen molar-refractivity contribution in [1.29, 1.82) is 5.26 Å². The molecule has 1 atom stereocenters. The van der Waals surface area contributed by atoms with Crippen LogP contribution in [0.15, 0.2) is 0 Å². The van der Waals surface area contributed by atoms with Crippen LogP contribution in [0.5, 0.6) is 0 Å². The van der Waals surface area contributed by atoms with Crippen LogP contribution in [-0.4, -0.2) is 54.6 Å². The number of nitriles is 1. The lowest BCUT2D eigenvalue weighted by Gasteiger charge is -2.35. The SMILES string of the molecule is CC(C)CN1CCN(CCCC(C)(N)C#N)CC1. The van der Waals surface area contributed by atoms with Crippen molar-refractivity contribution in [3.63, 3.8) is 0 Å². The monoisotopic (exact) mass is 252 g/mol. The minimum Gasteiger partial charge on any atom is -0.314 e. The maximum atomic E-state index is 8.85. The Morgan fingerprint density at radius 2 is 1.78 bits per heavy atom. The lowest BCUT2D eigenvalue weighted by Crippen LogP contribution is -2.47. The van der Waals surface area contributed by atoms with E-state index in [1.807, 2.05) is 6.92 Å². The Morgan fingerprint density at radius 1 is 1.22 bits per heavy atom. The molecule has 0 aromatic heterocycles. The second-order valence-corrected chi connectivity index (χ2v) is 6.17. The number of hydrogen-bond acceptors (Lipinski definition) is 4. The molecule has 0 aromatic carbocycles. The Balaban J connectivity index is 2.15. The molecule has 1 unspecified atom stereocenters. The van der Waals surface area contributed by atoms with Crippen LogP contribution < -0.4 is 5.73 Å². The van der Waals surface area contributed by atoms with E-state index < -0.39 is 5.54 Å². The van der Waals surface area contributed by atoms with Gasteiger partial charge in [0.25, 0.3) is 0 Å². The Labute approximate surface area is 112 Å². The molecule has 1 rings (SSSR count). The zero-order chi connectivity index (χ0) is 13.6. The summed E-state index contributed by atoms with van der Waals surface area (Å²) in [6.07, 6.45) is 1.81. The van der Waals surface area contributed by atoms with Crippen molar-refractivity contribution < 1.29 is 0 Å². The lowest BCUT2D eigenvalue weighted by molar-refractivity contribution is 0.120. The first kappa shape index (κ1) is 15.4. The van der Waals surface area contributed by atoms with Crippen LogP contribution in [-0.2, 0) is 0 Å². The average molecular weight is 252 g/mol. The summed E-state index contributed by atoms with van der Waals surface area (Å²) in [5.74, 6) is 0.755. The zero-order valence-electron chi connectivity index (χ0n) is 12.2. The van der Waals surface area contributed by atoms with Crippen LogP contribution in [0.2, 0.25) is 0 Å².